The molecule has 6 nitrogen and oxygen atoms in total. The molecule has 0 spiro atoms. The summed E-state index contributed by atoms with van der Waals surface area (Å²) in [7, 11) is 2.86. The standard InChI is InChI=1S/C13H16O6/c1-17-11-6-9(19-5-3-4-13(15)16)7-12(18-2)10(11)8-14/h6-8H,3-5H2,1-2H3,(H,15,16)/p-1. The highest BCUT2D eigenvalue weighted by atomic mass is 16.5. The molecular weight excluding hydrogens is 252 g/mol. The number of ether oxygens (including phenoxy) is 3. The fourth-order valence-electron chi connectivity index (χ4n) is 1.52. The Morgan fingerprint density at radius 1 is 1.26 bits per heavy atom. The zero-order valence-electron chi connectivity index (χ0n) is 10.8. The Balaban J connectivity index is 2.79. The van der Waals surface area contributed by atoms with Crippen LogP contribution in [0.1, 0.15) is 23.2 Å². The number of methoxy groups -OCH3 is 2. The second-order valence-corrected chi connectivity index (χ2v) is 3.68. The highest BCUT2D eigenvalue weighted by Crippen LogP contribution is 2.32. The van der Waals surface area contributed by atoms with Crippen molar-refractivity contribution < 1.29 is 28.9 Å². The van der Waals surface area contributed by atoms with Gasteiger partial charge in [0.05, 0.1) is 26.4 Å². The number of benzene rings is 1. The molecular formula is C13H15O6-. The van der Waals surface area contributed by atoms with Crippen molar-refractivity contribution >= 4 is 12.3 Å². The quantitative estimate of drug-likeness (QED) is 0.501. The number of hydrogen-bond donors (Lipinski definition) is 0. The maximum Gasteiger partial charge on any atom is 0.157 e. The number of carbonyl (C=O) groups is 2. The van der Waals surface area contributed by atoms with E-state index in [9.17, 15) is 14.7 Å². The van der Waals surface area contributed by atoms with Crippen LogP contribution in [0.2, 0.25) is 0 Å². The van der Waals surface area contributed by atoms with Crippen molar-refractivity contribution in [3.63, 3.8) is 0 Å². The summed E-state index contributed by atoms with van der Waals surface area (Å²) in [5.41, 5.74) is 0.298. The first-order chi connectivity index (χ1) is 9.12. The average molecular weight is 267 g/mol. The second kappa shape index (κ2) is 7.25. The molecule has 1 rings (SSSR count). The first-order valence-electron chi connectivity index (χ1n) is 5.66. The molecule has 0 atom stereocenters. The van der Waals surface area contributed by atoms with Crippen LogP contribution in [0.15, 0.2) is 12.1 Å². The van der Waals surface area contributed by atoms with E-state index < -0.39 is 5.97 Å². The molecule has 0 bridgehead atoms. The van der Waals surface area contributed by atoms with E-state index in [0.717, 1.165) is 0 Å². The third-order valence-electron chi connectivity index (χ3n) is 2.43. The molecule has 0 aliphatic heterocycles. The Kier molecular flexibility index (Phi) is 5.66. The second-order valence-electron chi connectivity index (χ2n) is 3.68. The van der Waals surface area contributed by atoms with E-state index in [4.69, 9.17) is 14.2 Å². The predicted molar refractivity (Wildman–Crippen MR) is 64.7 cm³/mol. The summed E-state index contributed by atoms with van der Waals surface area (Å²) in [6.45, 7) is 0.223. The summed E-state index contributed by atoms with van der Waals surface area (Å²) < 4.78 is 15.5. The minimum Gasteiger partial charge on any atom is -0.550 e. The Labute approximate surface area is 110 Å². The molecule has 19 heavy (non-hydrogen) atoms. The molecule has 0 heterocycles. The predicted octanol–water partition coefficient (Wildman–Crippen LogP) is 0.425. The number of aliphatic carboxylic acids is 1. The van der Waals surface area contributed by atoms with E-state index in [1.807, 2.05) is 0 Å². The van der Waals surface area contributed by atoms with E-state index >= 15 is 0 Å². The molecule has 0 aromatic heterocycles. The van der Waals surface area contributed by atoms with E-state index in [2.05, 4.69) is 0 Å². The van der Waals surface area contributed by atoms with E-state index in [1.165, 1.54) is 14.2 Å². The minimum atomic E-state index is -1.12. The minimum absolute atomic E-state index is 0.0688. The SMILES string of the molecule is COc1cc(OCCCC(=O)[O-])cc(OC)c1C=O. The summed E-state index contributed by atoms with van der Waals surface area (Å²) >= 11 is 0. The van der Waals surface area contributed by atoms with Crippen LogP contribution in [-0.4, -0.2) is 33.1 Å². The summed E-state index contributed by atoms with van der Waals surface area (Å²) in [6, 6.07) is 3.09. The van der Waals surface area contributed by atoms with Gasteiger partial charge in [0.1, 0.15) is 17.2 Å². The molecule has 0 fully saturated rings. The third kappa shape index (κ3) is 4.17. The largest absolute Gasteiger partial charge is 0.550 e. The van der Waals surface area contributed by atoms with Gasteiger partial charge in [-0.05, 0) is 12.8 Å². The molecule has 0 unspecified atom stereocenters. The fraction of sp³-hybridized carbons (Fsp3) is 0.385. The van der Waals surface area contributed by atoms with Crippen LogP contribution in [0, 0.1) is 0 Å². The van der Waals surface area contributed by atoms with Crippen molar-refractivity contribution in [2.75, 3.05) is 20.8 Å². The molecule has 0 radical (unpaired) electrons. The molecule has 0 saturated carbocycles. The molecule has 1 aromatic rings. The van der Waals surface area contributed by atoms with Crippen molar-refractivity contribution in [3.8, 4) is 17.2 Å². The summed E-state index contributed by atoms with van der Waals surface area (Å²) in [5.74, 6) is 0.00112. The van der Waals surface area contributed by atoms with E-state index in [0.29, 0.717) is 35.5 Å². The monoisotopic (exact) mass is 267 g/mol. The van der Waals surface area contributed by atoms with Gasteiger partial charge in [0.25, 0.3) is 0 Å². The summed E-state index contributed by atoms with van der Waals surface area (Å²) in [5, 5.41) is 10.2. The van der Waals surface area contributed by atoms with Gasteiger partial charge in [-0.25, -0.2) is 0 Å². The normalized spacial score (nSPS) is 9.79. The maximum atomic E-state index is 10.9. The number of aldehydes is 1. The van der Waals surface area contributed by atoms with E-state index in [-0.39, 0.29) is 13.0 Å². The van der Waals surface area contributed by atoms with Gasteiger partial charge in [0.15, 0.2) is 6.29 Å². The number of rotatable bonds is 8. The van der Waals surface area contributed by atoms with Gasteiger partial charge in [-0.2, -0.15) is 0 Å². The molecule has 0 aliphatic rings. The molecule has 0 N–H and O–H groups in total. The van der Waals surface area contributed by atoms with Gasteiger partial charge in [0.2, 0.25) is 0 Å². The number of carbonyl (C=O) groups excluding carboxylic acids is 2. The first-order valence-corrected chi connectivity index (χ1v) is 5.66. The van der Waals surface area contributed by atoms with Gasteiger partial charge in [-0.15, -0.1) is 0 Å². The molecule has 6 heteroatoms. The molecule has 0 aliphatic carbocycles. The molecule has 0 saturated heterocycles. The Hall–Kier alpha value is -2.24. The van der Waals surface area contributed by atoms with Gasteiger partial charge < -0.3 is 24.1 Å². The van der Waals surface area contributed by atoms with Gasteiger partial charge in [-0.3, -0.25) is 4.79 Å². The van der Waals surface area contributed by atoms with Crippen molar-refractivity contribution in [1.29, 1.82) is 0 Å². The van der Waals surface area contributed by atoms with Crippen molar-refractivity contribution in [1.82, 2.24) is 0 Å². The van der Waals surface area contributed by atoms with Crippen molar-refractivity contribution in [3.05, 3.63) is 17.7 Å². The Bertz CT molecular complexity index is 429. The Morgan fingerprint density at radius 3 is 2.26 bits per heavy atom. The lowest BCUT2D eigenvalue weighted by atomic mass is 10.2. The zero-order chi connectivity index (χ0) is 14.3. The number of hydrogen-bond acceptors (Lipinski definition) is 6. The maximum absolute atomic E-state index is 10.9. The lowest BCUT2D eigenvalue weighted by Gasteiger charge is -2.12. The lowest BCUT2D eigenvalue weighted by molar-refractivity contribution is -0.305. The fourth-order valence-corrected chi connectivity index (χ4v) is 1.52. The molecule has 0 amide bonds. The smallest absolute Gasteiger partial charge is 0.157 e. The number of carboxylic acid groups (broad SMARTS) is 1. The van der Waals surface area contributed by atoms with Crippen LogP contribution in [-0.2, 0) is 4.79 Å². The Morgan fingerprint density at radius 2 is 1.84 bits per heavy atom. The molecule has 104 valence electrons. The molecule has 1 aromatic carbocycles. The first kappa shape index (κ1) is 14.8. The van der Waals surface area contributed by atoms with Crippen molar-refractivity contribution in [2.45, 2.75) is 12.8 Å². The summed E-state index contributed by atoms with van der Waals surface area (Å²) in [4.78, 5) is 21.2. The highest BCUT2D eigenvalue weighted by molar-refractivity contribution is 5.84. The third-order valence-corrected chi connectivity index (χ3v) is 2.43. The van der Waals surface area contributed by atoms with Crippen LogP contribution >= 0.6 is 0 Å². The van der Waals surface area contributed by atoms with Crippen LogP contribution in [0.5, 0.6) is 17.2 Å². The van der Waals surface area contributed by atoms with Gasteiger partial charge in [-0.1, -0.05) is 0 Å². The zero-order valence-corrected chi connectivity index (χ0v) is 10.8. The van der Waals surface area contributed by atoms with E-state index in [1.54, 1.807) is 12.1 Å². The van der Waals surface area contributed by atoms with Crippen LogP contribution in [0.4, 0.5) is 0 Å². The van der Waals surface area contributed by atoms with Gasteiger partial charge >= 0.3 is 0 Å². The average Bonchev–Trinajstić information content (AvgIpc) is 2.42. The van der Waals surface area contributed by atoms with Crippen LogP contribution in [0.3, 0.4) is 0 Å². The summed E-state index contributed by atoms with van der Waals surface area (Å²) in [6.07, 6.45) is 0.903. The van der Waals surface area contributed by atoms with Crippen LogP contribution in [0.25, 0.3) is 0 Å². The highest BCUT2D eigenvalue weighted by Gasteiger charge is 2.12. The van der Waals surface area contributed by atoms with Crippen molar-refractivity contribution in [2.24, 2.45) is 0 Å². The van der Waals surface area contributed by atoms with Crippen LogP contribution < -0.4 is 19.3 Å². The van der Waals surface area contributed by atoms with Gasteiger partial charge in [0, 0.05) is 18.1 Å². The lowest BCUT2D eigenvalue weighted by Crippen LogP contribution is -2.22. The topological polar surface area (TPSA) is 84.9 Å². The number of carboxylic acids is 1.